The number of nitrogens with one attached hydrogen (secondary N) is 1. The van der Waals surface area contributed by atoms with Gasteiger partial charge in [0.25, 0.3) is 0 Å². The van der Waals surface area contributed by atoms with Crippen LogP contribution in [-0.2, 0) is 0 Å². The molecule has 0 fully saturated rings. The van der Waals surface area contributed by atoms with E-state index in [0.717, 1.165) is 22.3 Å². The van der Waals surface area contributed by atoms with Gasteiger partial charge in [-0.1, -0.05) is 17.7 Å². The monoisotopic (exact) mass is 436 g/mol. The molecule has 0 spiro atoms. The molecule has 0 aliphatic heterocycles. The number of rotatable bonds is 5. The first-order chi connectivity index (χ1) is 14.9. The second kappa shape index (κ2) is 8.04. The largest absolute Gasteiger partial charge is 0.502 e. The maximum atomic E-state index is 11.0. The Morgan fingerprint density at radius 3 is 2.77 bits per heavy atom. The zero-order valence-corrected chi connectivity index (χ0v) is 17.3. The number of anilines is 1. The van der Waals surface area contributed by atoms with E-state index in [4.69, 9.17) is 11.6 Å². The maximum Gasteiger partial charge on any atom is 0.311 e. The molecule has 2 heterocycles. The van der Waals surface area contributed by atoms with E-state index in [-0.39, 0.29) is 0 Å². The van der Waals surface area contributed by atoms with Gasteiger partial charge >= 0.3 is 5.69 Å². The van der Waals surface area contributed by atoms with Crippen LogP contribution in [-0.4, -0.2) is 30.8 Å². The third kappa shape index (κ3) is 3.78. The molecule has 2 aromatic carbocycles. The number of hydrogen-bond donors (Lipinski definition) is 2. The highest BCUT2D eigenvalue weighted by Crippen LogP contribution is 2.32. The van der Waals surface area contributed by atoms with Crippen LogP contribution in [0.5, 0.6) is 5.75 Å². The molecule has 0 aliphatic rings. The van der Waals surface area contributed by atoms with Crippen LogP contribution in [0.4, 0.5) is 11.5 Å². The van der Waals surface area contributed by atoms with E-state index >= 15 is 0 Å². The minimum Gasteiger partial charge on any atom is -0.502 e. The van der Waals surface area contributed by atoms with Gasteiger partial charge in [-0.2, -0.15) is 5.10 Å². The molecule has 156 valence electrons. The highest BCUT2D eigenvalue weighted by Gasteiger charge is 2.18. The minimum atomic E-state index is -0.654. The van der Waals surface area contributed by atoms with Crippen molar-refractivity contribution in [2.24, 2.45) is 5.10 Å². The average Bonchev–Trinajstić information content (AvgIpc) is 3.00. The predicted octanol–water partition coefficient (Wildman–Crippen LogP) is 4.75. The molecule has 2 N–H and O–H groups in total. The van der Waals surface area contributed by atoms with Gasteiger partial charge in [-0.25, -0.2) is 9.97 Å². The number of aromatic hydroxyl groups is 1. The summed E-state index contributed by atoms with van der Waals surface area (Å²) in [5.41, 5.74) is 6.50. The lowest BCUT2D eigenvalue weighted by Crippen LogP contribution is -1.99. The molecule has 9 nitrogen and oxygen atoms in total. The summed E-state index contributed by atoms with van der Waals surface area (Å²) in [6.07, 6.45) is 2.85. The van der Waals surface area contributed by atoms with Gasteiger partial charge in [0.15, 0.2) is 17.2 Å². The van der Waals surface area contributed by atoms with E-state index in [1.807, 2.05) is 42.7 Å². The van der Waals surface area contributed by atoms with Crippen LogP contribution in [0, 0.1) is 24.0 Å². The summed E-state index contributed by atoms with van der Waals surface area (Å²) in [5, 5.41) is 26.1. The van der Waals surface area contributed by atoms with Crippen LogP contribution in [0.3, 0.4) is 0 Å². The number of aromatic nitrogens is 3. The SMILES string of the molecule is Cc1c(C)n(-c2cccc(Cl)c2)c2ncnc(NN=Cc3ccc(O)c([N+](=O)[O-])c3)c12. The van der Waals surface area contributed by atoms with Crippen molar-refractivity contribution >= 4 is 40.4 Å². The molecular weight excluding hydrogens is 420 g/mol. The Kier molecular flexibility index (Phi) is 5.26. The zero-order valence-electron chi connectivity index (χ0n) is 16.6. The Morgan fingerprint density at radius 2 is 2.03 bits per heavy atom. The summed E-state index contributed by atoms with van der Waals surface area (Å²) in [6, 6.07) is 11.5. The minimum absolute atomic E-state index is 0.390. The van der Waals surface area contributed by atoms with Crippen molar-refractivity contribution in [3.63, 3.8) is 0 Å². The third-order valence-electron chi connectivity index (χ3n) is 4.94. The van der Waals surface area contributed by atoms with Gasteiger partial charge in [0.2, 0.25) is 0 Å². The van der Waals surface area contributed by atoms with Gasteiger partial charge in [-0.05, 0) is 49.7 Å². The van der Waals surface area contributed by atoms with Gasteiger partial charge in [-0.15, -0.1) is 0 Å². The molecule has 0 aliphatic carbocycles. The van der Waals surface area contributed by atoms with Crippen molar-refractivity contribution < 1.29 is 10.0 Å². The smallest absolute Gasteiger partial charge is 0.311 e. The second-order valence-corrected chi connectivity index (χ2v) is 7.26. The topological polar surface area (TPSA) is 118 Å². The summed E-state index contributed by atoms with van der Waals surface area (Å²) in [6.45, 7) is 3.96. The summed E-state index contributed by atoms with van der Waals surface area (Å²) in [5.74, 6) is 0.0944. The van der Waals surface area contributed by atoms with Crippen LogP contribution in [0.15, 0.2) is 53.9 Å². The van der Waals surface area contributed by atoms with Crippen molar-refractivity contribution in [2.75, 3.05) is 5.43 Å². The van der Waals surface area contributed by atoms with Crippen LogP contribution in [0.25, 0.3) is 16.7 Å². The molecule has 0 saturated heterocycles. The van der Waals surface area contributed by atoms with Crippen LogP contribution in [0.1, 0.15) is 16.8 Å². The predicted molar refractivity (Wildman–Crippen MR) is 119 cm³/mol. The number of nitro benzene ring substituents is 1. The lowest BCUT2D eigenvalue weighted by molar-refractivity contribution is -0.385. The normalized spacial score (nSPS) is 11.3. The molecule has 4 rings (SSSR count). The second-order valence-electron chi connectivity index (χ2n) is 6.82. The fourth-order valence-corrected chi connectivity index (χ4v) is 3.53. The van der Waals surface area contributed by atoms with E-state index in [9.17, 15) is 15.2 Å². The molecule has 0 radical (unpaired) electrons. The van der Waals surface area contributed by atoms with Crippen molar-refractivity contribution in [1.82, 2.24) is 14.5 Å². The quantitative estimate of drug-likeness (QED) is 0.265. The fraction of sp³-hybridized carbons (Fsp3) is 0.0952. The van der Waals surface area contributed by atoms with Crippen molar-refractivity contribution in [3.8, 4) is 11.4 Å². The van der Waals surface area contributed by atoms with Crippen molar-refractivity contribution in [3.05, 3.63) is 80.7 Å². The van der Waals surface area contributed by atoms with E-state index in [1.54, 1.807) is 0 Å². The third-order valence-corrected chi connectivity index (χ3v) is 5.17. The Balaban J connectivity index is 1.71. The first kappa shape index (κ1) is 20.3. The fourth-order valence-electron chi connectivity index (χ4n) is 3.35. The molecule has 4 aromatic rings. The molecule has 0 amide bonds. The van der Waals surface area contributed by atoms with Crippen molar-refractivity contribution in [1.29, 1.82) is 0 Å². The van der Waals surface area contributed by atoms with Gasteiger partial charge in [0.05, 0.1) is 16.5 Å². The summed E-state index contributed by atoms with van der Waals surface area (Å²) < 4.78 is 2.00. The molecule has 31 heavy (non-hydrogen) atoms. The van der Waals surface area contributed by atoms with E-state index in [2.05, 4.69) is 20.5 Å². The zero-order chi connectivity index (χ0) is 22.1. The van der Waals surface area contributed by atoms with E-state index in [1.165, 1.54) is 30.7 Å². The molecular formula is C21H17ClN6O3. The number of nitro groups is 1. The number of phenolic OH excluding ortho intramolecular Hbond substituents is 1. The maximum absolute atomic E-state index is 11.0. The number of halogens is 1. The standard InChI is InChI=1S/C21H17ClN6O3/c1-12-13(2)27(16-5-3-4-15(22)9-16)21-19(12)20(23-11-24-21)26-25-10-14-6-7-18(29)17(8-14)28(30)31/h3-11,29H,1-2H3,(H,23,24,26). The van der Waals surface area contributed by atoms with E-state index < -0.39 is 16.4 Å². The highest BCUT2D eigenvalue weighted by molar-refractivity contribution is 6.30. The number of hydrogen-bond acceptors (Lipinski definition) is 7. The Bertz CT molecular complexity index is 1350. The van der Waals surface area contributed by atoms with Crippen LogP contribution < -0.4 is 5.43 Å². The molecule has 0 bridgehead atoms. The number of hydrazone groups is 1. The van der Waals surface area contributed by atoms with Crippen LogP contribution in [0.2, 0.25) is 5.02 Å². The number of nitrogens with zero attached hydrogens (tertiary/aromatic N) is 5. The first-order valence-electron chi connectivity index (χ1n) is 9.22. The molecule has 2 aromatic heterocycles. The van der Waals surface area contributed by atoms with E-state index in [0.29, 0.717) is 22.1 Å². The lowest BCUT2D eigenvalue weighted by Gasteiger charge is -2.08. The molecule has 0 atom stereocenters. The highest BCUT2D eigenvalue weighted by atomic mass is 35.5. The number of fused-ring (bicyclic) bond motifs is 1. The molecule has 10 heteroatoms. The first-order valence-corrected chi connectivity index (χ1v) is 9.59. The van der Waals surface area contributed by atoms with Gasteiger partial charge in [0.1, 0.15) is 6.33 Å². The Morgan fingerprint density at radius 1 is 1.23 bits per heavy atom. The number of aryl methyl sites for hydroxylation is 1. The van der Waals surface area contributed by atoms with Crippen LogP contribution >= 0.6 is 11.6 Å². The Labute approximate surface area is 181 Å². The van der Waals surface area contributed by atoms with Gasteiger partial charge in [-0.3, -0.25) is 20.1 Å². The molecule has 0 unspecified atom stereocenters. The number of phenols is 1. The molecule has 0 saturated carbocycles. The van der Waals surface area contributed by atoms with Crippen molar-refractivity contribution in [2.45, 2.75) is 13.8 Å². The summed E-state index contributed by atoms with van der Waals surface area (Å²) in [4.78, 5) is 19.1. The van der Waals surface area contributed by atoms with Gasteiger partial charge in [0, 0.05) is 28.0 Å². The Hall–Kier alpha value is -3.98. The van der Waals surface area contributed by atoms with Gasteiger partial charge < -0.3 is 5.11 Å². The summed E-state index contributed by atoms with van der Waals surface area (Å²) >= 11 is 6.17. The lowest BCUT2D eigenvalue weighted by atomic mass is 10.2. The number of benzene rings is 2. The average molecular weight is 437 g/mol. The summed E-state index contributed by atoms with van der Waals surface area (Å²) in [7, 11) is 0.